The molecule has 0 radical (unpaired) electrons. The maximum absolute atomic E-state index is 10.5. The van der Waals surface area contributed by atoms with E-state index in [0.717, 1.165) is 30.0 Å². The summed E-state index contributed by atoms with van der Waals surface area (Å²) in [4.78, 5) is 2.28. The minimum atomic E-state index is -0.403. The molecule has 0 aromatic heterocycles. The summed E-state index contributed by atoms with van der Waals surface area (Å²) in [5, 5.41) is 10.5. The Morgan fingerprint density at radius 3 is 2.29 bits per heavy atom. The number of rotatable bonds is 6. The average molecular weight is 418 g/mol. The summed E-state index contributed by atoms with van der Waals surface area (Å²) in [6, 6.07) is 24.5. The number of nitrogens with zero attached hydrogens (tertiary/aromatic N) is 1. The van der Waals surface area contributed by atoms with Gasteiger partial charge in [-0.3, -0.25) is 0 Å². The van der Waals surface area contributed by atoms with Gasteiger partial charge in [0.1, 0.15) is 5.75 Å². The first-order valence-electron chi connectivity index (χ1n) is 10.8. The highest BCUT2D eigenvalue weighted by Gasteiger charge is 2.45. The molecular weight excluding hydrogens is 386 g/mol. The van der Waals surface area contributed by atoms with Crippen molar-refractivity contribution < 1.29 is 14.6 Å². The number of methoxy groups -OCH3 is 1. The topological polar surface area (TPSA) is 41.9 Å². The number of likely N-dealkylation sites (tertiary alicyclic amines) is 1. The van der Waals surface area contributed by atoms with Crippen LogP contribution in [-0.2, 0) is 0 Å². The monoisotopic (exact) mass is 417 g/mol. The molecule has 0 spiro atoms. The molecule has 1 aliphatic heterocycles. The molecule has 1 saturated heterocycles. The van der Waals surface area contributed by atoms with Gasteiger partial charge >= 0.3 is 0 Å². The second kappa shape index (κ2) is 8.74. The Labute approximate surface area is 185 Å². The van der Waals surface area contributed by atoms with E-state index in [1.54, 1.807) is 7.11 Å². The standard InChI is InChI=1S/C27H31NO3/c1-19(29)27(2)18-28(3)17-24(27)22-12-15-25(30-4)26(16-22)31-23-13-10-21(11-14-23)20-8-6-5-7-9-20/h5-16,19,24,29H,17-18H2,1-4H3/t19-,24+,27+/m1/s1. The van der Waals surface area contributed by atoms with Crippen molar-refractivity contribution in [2.45, 2.75) is 25.9 Å². The first-order valence-corrected chi connectivity index (χ1v) is 10.8. The number of likely N-dealkylation sites (N-methyl/N-ethyl adjacent to an activating group) is 1. The molecule has 4 heteroatoms. The number of ether oxygens (including phenoxy) is 2. The molecular formula is C27H31NO3. The van der Waals surface area contributed by atoms with Gasteiger partial charge in [-0.15, -0.1) is 0 Å². The van der Waals surface area contributed by atoms with Crippen molar-refractivity contribution in [2.24, 2.45) is 5.41 Å². The smallest absolute Gasteiger partial charge is 0.169 e. The number of benzene rings is 3. The van der Waals surface area contributed by atoms with Crippen LogP contribution in [0.3, 0.4) is 0 Å². The quantitative estimate of drug-likeness (QED) is 0.569. The van der Waals surface area contributed by atoms with Crippen molar-refractivity contribution in [3.8, 4) is 28.4 Å². The van der Waals surface area contributed by atoms with Crippen LogP contribution in [0.4, 0.5) is 0 Å². The Bertz CT molecular complexity index is 1020. The van der Waals surface area contributed by atoms with Crippen molar-refractivity contribution in [3.05, 3.63) is 78.4 Å². The van der Waals surface area contributed by atoms with Gasteiger partial charge in [0.2, 0.25) is 0 Å². The summed E-state index contributed by atoms with van der Waals surface area (Å²) in [6.07, 6.45) is -0.403. The van der Waals surface area contributed by atoms with Gasteiger partial charge in [-0.05, 0) is 54.9 Å². The van der Waals surface area contributed by atoms with Crippen LogP contribution in [0.1, 0.15) is 25.3 Å². The Morgan fingerprint density at radius 1 is 0.968 bits per heavy atom. The van der Waals surface area contributed by atoms with Gasteiger partial charge in [-0.2, -0.15) is 0 Å². The van der Waals surface area contributed by atoms with Gasteiger partial charge in [0.05, 0.1) is 13.2 Å². The molecule has 31 heavy (non-hydrogen) atoms. The van der Waals surface area contributed by atoms with Crippen molar-refractivity contribution in [1.82, 2.24) is 4.90 Å². The minimum Gasteiger partial charge on any atom is -0.493 e. The van der Waals surface area contributed by atoms with E-state index >= 15 is 0 Å². The van der Waals surface area contributed by atoms with Crippen LogP contribution < -0.4 is 9.47 Å². The Morgan fingerprint density at radius 2 is 1.65 bits per heavy atom. The van der Waals surface area contributed by atoms with E-state index in [1.807, 2.05) is 43.3 Å². The van der Waals surface area contributed by atoms with E-state index < -0.39 is 6.10 Å². The minimum absolute atomic E-state index is 0.210. The molecule has 0 amide bonds. The molecule has 0 bridgehead atoms. The lowest BCUT2D eigenvalue weighted by Gasteiger charge is -2.34. The molecule has 4 nitrogen and oxygen atoms in total. The molecule has 3 aromatic rings. The number of hydrogen-bond donors (Lipinski definition) is 1. The molecule has 0 unspecified atom stereocenters. The molecule has 4 rings (SSSR count). The van der Waals surface area contributed by atoms with Crippen molar-refractivity contribution in [1.29, 1.82) is 0 Å². The zero-order chi connectivity index (χ0) is 22.0. The van der Waals surface area contributed by atoms with Crippen LogP contribution in [0.5, 0.6) is 17.2 Å². The van der Waals surface area contributed by atoms with Gasteiger partial charge in [0.25, 0.3) is 0 Å². The largest absolute Gasteiger partial charge is 0.493 e. The highest BCUT2D eigenvalue weighted by Crippen LogP contribution is 2.46. The van der Waals surface area contributed by atoms with E-state index in [-0.39, 0.29) is 11.3 Å². The second-order valence-corrected chi connectivity index (χ2v) is 8.83. The van der Waals surface area contributed by atoms with Crippen LogP contribution in [0.25, 0.3) is 11.1 Å². The Hall–Kier alpha value is -2.82. The van der Waals surface area contributed by atoms with Gasteiger partial charge in [-0.25, -0.2) is 0 Å². The third-order valence-corrected chi connectivity index (χ3v) is 6.63. The predicted octanol–water partition coefficient (Wildman–Crippen LogP) is 5.57. The molecule has 1 heterocycles. The molecule has 3 aromatic carbocycles. The Kier molecular flexibility index (Phi) is 6.03. The number of hydrogen-bond acceptors (Lipinski definition) is 4. The fraction of sp³-hybridized carbons (Fsp3) is 0.333. The van der Waals surface area contributed by atoms with Crippen molar-refractivity contribution >= 4 is 0 Å². The van der Waals surface area contributed by atoms with Gasteiger partial charge < -0.3 is 19.5 Å². The van der Waals surface area contributed by atoms with E-state index in [2.05, 4.69) is 55.3 Å². The van der Waals surface area contributed by atoms with E-state index in [0.29, 0.717) is 11.5 Å². The van der Waals surface area contributed by atoms with Crippen molar-refractivity contribution in [3.63, 3.8) is 0 Å². The first kappa shape index (κ1) is 21.4. The molecule has 0 aliphatic carbocycles. The molecule has 0 saturated carbocycles. The molecule has 1 aliphatic rings. The van der Waals surface area contributed by atoms with E-state index in [4.69, 9.17) is 9.47 Å². The highest BCUT2D eigenvalue weighted by atomic mass is 16.5. The van der Waals surface area contributed by atoms with Crippen LogP contribution in [-0.4, -0.2) is 43.4 Å². The van der Waals surface area contributed by atoms with Crippen LogP contribution in [0.15, 0.2) is 72.8 Å². The van der Waals surface area contributed by atoms with Gasteiger partial charge in [0.15, 0.2) is 11.5 Å². The zero-order valence-corrected chi connectivity index (χ0v) is 18.7. The van der Waals surface area contributed by atoms with Gasteiger partial charge in [-0.1, -0.05) is 55.5 Å². The zero-order valence-electron chi connectivity index (χ0n) is 18.7. The summed E-state index contributed by atoms with van der Waals surface area (Å²) in [7, 11) is 3.76. The maximum Gasteiger partial charge on any atom is 0.169 e. The van der Waals surface area contributed by atoms with Gasteiger partial charge in [0, 0.05) is 24.4 Å². The van der Waals surface area contributed by atoms with Crippen molar-refractivity contribution in [2.75, 3.05) is 27.2 Å². The maximum atomic E-state index is 10.5. The number of aliphatic hydroxyl groups is 1. The third kappa shape index (κ3) is 4.32. The van der Waals surface area contributed by atoms with Crippen LogP contribution in [0.2, 0.25) is 0 Å². The summed E-state index contributed by atoms with van der Waals surface area (Å²) >= 11 is 0. The predicted molar refractivity (Wildman–Crippen MR) is 125 cm³/mol. The molecule has 1 fully saturated rings. The number of aliphatic hydroxyl groups excluding tert-OH is 1. The lowest BCUT2D eigenvalue weighted by atomic mass is 9.72. The van der Waals surface area contributed by atoms with Crippen LogP contribution >= 0.6 is 0 Å². The fourth-order valence-corrected chi connectivity index (χ4v) is 4.65. The van der Waals surface area contributed by atoms with E-state index in [1.165, 1.54) is 5.56 Å². The van der Waals surface area contributed by atoms with Crippen LogP contribution in [0, 0.1) is 5.41 Å². The summed E-state index contributed by atoms with van der Waals surface area (Å²) in [5.41, 5.74) is 3.27. The SMILES string of the molecule is COc1ccc([C@@H]2CN(C)C[C@@]2(C)[C@@H](C)O)cc1Oc1ccc(-c2ccccc2)cc1. The summed E-state index contributed by atoms with van der Waals surface area (Å²) < 4.78 is 11.8. The summed E-state index contributed by atoms with van der Waals surface area (Å²) in [6.45, 7) is 5.82. The highest BCUT2D eigenvalue weighted by molar-refractivity contribution is 5.64. The lowest BCUT2D eigenvalue weighted by Crippen LogP contribution is -2.36. The fourth-order valence-electron chi connectivity index (χ4n) is 4.65. The lowest BCUT2D eigenvalue weighted by molar-refractivity contribution is 0.0495. The molecule has 3 atom stereocenters. The van der Waals surface area contributed by atoms with E-state index in [9.17, 15) is 5.11 Å². The third-order valence-electron chi connectivity index (χ3n) is 6.63. The summed E-state index contributed by atoms with van der Waals surface area (Å²) in [5.74, 6) is 2.36. The average Bonchev–Trinajstić information content (AvgIpc) is 3.10. The Balaban J connectivity index is 1.61. The second-order valence-electron chi connectivity index (χ2n) is 8.83. The normalized spacial score (nSPS) is 22.3. The molecule has 1 N–H and O–H groups in total. The molecule has 162 valence electrons. The first-order chi connectivity index (χ1) is 14.9.